The van der Waals surface area contributed by atoms with E-state index in [2.05, 4.69) is 31.4 Å². The maximum Gasteiger partial charge on any atom is 0.274 e. The Bertz CT molecular complexity index is 1220. The number of para-hydroxylation sites is 1. The fraction of sp³-hybridized carbons (Fsp3) is 0.136. The minimum atomic E-state index is -0.375. The van der Waals surface area contributed by atoms with Crippen molar-refractivity contribution >= 4 is 21.8 Å². The molecule has 0 spiro atoms. The topological polar surface area (TPSA) is 82.2 Å². The molecular weight excluding hydrogens is 467 g/mol. The van der Waals surface area contributed by atoms with Crippen molar-refractivity contribution in [2.24, 2.45) is 0 Å². The monoisotopic (exact) mass is 484 g/mol. The molecule has 4 rings (SSSR count). The maximum absolute atomic E-state index is 13.5. The molecule has 0 aliphatic heterocycles. The van der Waals surface area contributed by atoms with Gasteiger partial charge in [-0.05, 0) is 52.3 Å². The van der Waals surface area contributed by atoms with Gasteiger partial charge < -0.3 is 19.1 Å². The molecule has 1 N–H and O–H groups in total. The molecule has 2 heterocycles. The Morgan fingerprint density at radius 2 is 2.06 bits per heavy atom. The van der Waals surface area contributed by atoms with Gasteiger partial charge in [0.25, 0.3) is 5.89 Å². The van der Waals surface area contributed by atoms with E-state index in [1.54, 1.807) is 42.1 Å². The third-order valence-corrected chi connectivity index (χ3v) is 5.24. The third-order valence-electron chi connectivity index (χ3n) is 4.63. The number of ether oxygens (including phenoxy) is 1. The van der Waals surface area contributed by atoms with Crippen molar-refractivity contribution in [2.45, 2.75) is 13.1 Å². The van der Waals surface area contributed by atoms with Gasteiger partial charge in [-0.1, -0.05) is 23.4 Å². The summed E-state index contributed by atoms with van der Waals surface area (Å²) in [6.07, 6.45) is 1.76. The number of rotatable bonds is 7. The minimum Gasteiger partial charge on any atom is -0.496 e. The first-order valence-corrected chi connectivity index (χ1v) is 10.2. The molecule has 1 amide bonds. The van der Waals surface area contributed by atoms with Crippen molar-refractivity contribution in [3.05, 3.63) is 76.6 Å². The Balaban J connectivity index is 1.46. The lowest BCUT2D eigenvalue weighted by Gasteiger charge is -2.10. The van der Waals surface area contributed by atoms with Crippen molar-refractivity contribution in [1.29, 1.82) is 0 Å². The van der Waals surface area contributed by atoms with Gasteiger partial charge >= 0.3 is 0 Å². The van der Waals surface area contributed by atoms with Crippen LogP contribution >= 0.6 is 15.9 Å². The smallest absolute Gasteiger partial charge is 0.274 e. The molecule has 0 atom stereocenters. The van der Waals surface area contributed by atoms with E-state index in [0.29, 0.717) is 28.1 Å². The van der Waals surface area contributed by atoms with E-state index in [9.17, 15) is 9.18 Å². The summed E-state index contributed by atoms with van der Waals surface area (Å²) < 4.78 is 26.2. The largest absolute Gasteiger partial charge is 0.496 e. The van der Waals surface area contributed by atoms with Crippen molar-refractivity contribution in [1.82, 2.24) is 20.0 Å². The van der Waals surface area contributed by atoms with Crippen LogP contribution in [0.3, 0.4) is 0 Å². The molecule has 0 saturated heterocycles. The molecule has 2 aromatic heterocycles. The highest BCUT2D eigenvalue weighted by atomic mass is 79.9. The predicted molar refractivity (Wildman–Crippen MR) is 116 cm³/mol. The number of nitrogens with one attached hydrogen (secondary N) is 1. The van der Waals surface area contributed by atoms with Crippen LogP contribution in [0, 0.1) is 5.82 Å². The van der Waals surface area contributed by atoms with Crippen LogP contribution < -0.4 is 10.1 Å². The summed E-state index contributed by atoms with van der Waals surface area (Å²) >= 11 is 3.15. The van der Waals surface area contributed by atoms with Crippen LogP contribution in [-0.4, -0.2) is 27.7 Å². The van der Waals surface area contributed by atoms with Crippen molar-refractivity contribution in [2.75, 3.05) is 7.11 Å². The zero-order valence-electron chi connectivity index (χ0n) is 16.5. The van der Waals surface area contributed by atoms with Gasteiger partial charge in [0, 0.05) is 23.9 Å². The summed E-state index contributed by atoms with van der Waals surface area (Å²) in [7, 11) is 1.59. The van der Waals surface area contributed by atoms with Gasteiger partial charge in [-0.3, -0.25) is 4.79 Å². The van der Waals surface area contributed by atoms with Gasteiger partial charge in [0.1, 0.15) is 23.8 Å². The molecule has 0 unspecified atom stereocenters. The summed E-state index contributed by atoms with van der Waals surface area (Å²) in [5.74, 6) is 0.753. The Kier molecular flexibility index (Phi) is 6.13. The number of aromatic nitrogens is 3. The summed E-state index contributed by atoms with van der Waals surface area (Å²) in [4.78, 5) is 16.9. The molecule has 0 bridgehead atoms. The molecule has 2 aromatic carbocycles. The van der Waals surface area contributed by atoms with Crippen LogP contribution in [0.1, 0.15) is 5.56 Å². The van der Waals surface area contributed by atoms with Gasteiger partial charge in [-0.2, -0.15) is 4.98 Å². The van der Waals surface area contributed by atoms with Crippen molar-refractivity contribution < 1.29 is 18.4 Å². The zero-order chi connectivity index (χ0) is 21.8. The predicted octanol–water partition coefficient (Wildman–Crippen LogP) is 4.43. The maximum atomic E-state index is 13.5. The van der Waals surface area contributed by atoms with Crippen LogP contribution in [0.2, 0.25) is 0 Å². The lowest BCUT2D eigenvalue weighted by atomic mass is 10.2. The third kappa shape index (κ3) is 4.66. The van der Waals surface area contributed by atoms with E-state index in [4.69, 9.17) is 9.26 Å². The summed E-state index contributed by atoms with van der Waals surface area (Å²) in [6.45, 7) is 0.431. The van der Waals surface area contributed by atoms with E-state index in [0.717, 1.165) is 11.3 Å². The summed E-state index contributed by atoms with van der Waals surface area (Å²) in [5.41, 5.74) is 2.10. The van der Waals surface area contributed by atoms with Crippen LogP contribution in [0.15, 0.2) is 69.8 Å². The molecule has 0 aliphatic carbocycles. The van der Waals surface area contributed by atoms with Crippen LogP contribution in [0.25, 0.3) is 23.0 Å². The van der Waals surface area contributed by atoms with E-state index >= 15 is 0 Å². The Hall–Kier alpha value is -3.46. The number of methoxy groups -OCH3 is 1. The second-order valence-electron chi connectivity index (χ2n) is 6.66. The first-order chi connectivity index (χ1) is 15.0. The van der Waals surface area contributed by atoms with Gasteiger partial charge in [0.05, 0.1) is 11.6 Å². The summed E-state index contributed by atoms with van der Waals surface area (Å²) in [6, 6.07) is 15.6. The molecule has 9 heteroatoms. The van der Waals surface area contributed by atoms with E-state index in [1.807, 2.05) is 24.3 Å². The highest BCUT2D eigenvalue weighted by Crippen LogP contribution is 2.26. The lowest BCUT2D eigenvalue weighted by molar-refractivity contribution is -0.121. The average molecular weight is 485 g/mol. The van der Waals surface area contributed by atoms with E-state index in [1.165, 1.54) is 6.07 Å². The molecule has 0 fully saturated rings. The van der Waals surface area contributed by atoms with Gasteiger partial charge in [-0.15, -0.1) is 0 Å². The quantitative estimate of drug-likeness (QED) is 0.419. The fourth-order valence-corrected chi connectivity index (χ4v) is 3.46. The van der Waals surface area contributed by atoms with Crippen LogP contribution in [-0.2, 0) is 17.9 Å². The fourth-order valence-electron chi connectivity index (χ4n) is 3.08. The molecule has 0 aliphatic rings. The van der Waals surface area contributed by atoms with Crippen LogP contribution in [0.5, 0.6) is 5.75 Å². The number of hydrogen-bond acceptors (Lipinski definition) is 5. The number of halogens is 2. The van der Waals surface area contributed by atoms with Crippen LogP contribution in [0.4, 0.5) is 4.39 Å². The Morgan fingerprint density at radius 1 is 1.23 bits per heavy atom. The number of nitrogens with zero attached hydrogens (tertiary/aromatic N) is 3. The normalized spacial score (nSPS) is 10.8. The lowest BCUT2D eigenvalue weighted by Crippen LogP contribution is -2.27. The molecule has 158 valence electrons. The number of amides is 1. The second-order valence-corrected chi connectivity index (χ2v) is 7.52. The molecule has 0 radical (unpaired) electrons. The highest BCUT2D eigenvalue weighted by molar-refractivity contribution is 9.10. The first-order valence-electron chi connectivity index (χ1n) is 9.38. The van der Waals surface area contributed by atoms with Crippen molar-refractivity contribution in [3.8, 4) is 28.7 Å². The van der Waals surface area contributed by atoms with Crippen molar-refractivity contribution in [3.63, 3.8) is 0 Å². The number of benzene rings is 2. The molecule has 0 saturated carbocycles. The van der Waals surface area contributed by atoms with E-state index < -0.39 is 0 Å². The van der Waals surface area contributed by atoms with Gasteiger partial charge in [-0.25, -0.2) is 4.39 Å². The molecule has 31 heavy (non-hydrogen) atoms. The second kappa shape index (κ2) is 9.13. The number of carbonyl (C=O) groups is 1. The SMILES string of the molecule is COc1ccccc1CNC(=O)Cn1cccc1-c1nc(-c2ccc(F)c(Br)c2)no1. The van der Waals surface area contributed by atoms with E-state index in [-0.39, 0.29) is 24.2 Å². The first kappa shape index (κ1) is 20.8. The van der Waals surface area contributed by atoms with Gasteiger partial charge in [0.2, 0.25) is 11.7 Å². The summed E-state index contributed by atoms with van der Waals surface area (Å²) in [5, 5.41) is 6.86. The molecule has 7 nitrogen and oxygen atoms in total. The Labute approximate surface area is 186 Å². The minimum absolute atomic E-state index is 0.0806. The number of hydrogen-bond donors (Lipinski definition) is 1. The van der Waals surface area contributed by atoms with Gasteiger partial charge in [0.15, 0.2) is 0 Å². The average Bonchev–Trinajstić information content (AvgIpc) is 3.44. The Morgan fingerprint density at radius 3 is 2.87 bits per heavy atom. The molecular formula is C22H18BrFN4O3. The zero-order valence-corrected chi connectivity index (χ0v) is 18.1. The molecule has 4 aromatic rings. The highest BCUT2D eigenvalue weighted by Gasteiger charge is 2.16. The standard InChI is InChI=1S/C22H18BrFN4O3/c1-30-19-7-3-2-5-15(19)12-25-20(29)13-28-10-4-6-18(28)22-26-21(27-31-22)14-8-9-17(24)16(23)11-14/h2-11H,12-13H2,1H3,(H,25,29). The number of carbonyl (C=O) groups excluding carboxylic acids is 1.